The van der Waals surface area contributed by atoms with Crippen molar-refractivity contribution in [2.24, 2.45) is 0 Å². The molecule has 0 saturated heterocycles. The summed E-state index contributed by atoms with van der Waals surface area (Å²) >= 11 is 6.12. The van der Waals surface area contributed by atoms with Gasteiger partial charge in [0.05, 0.1) is 12.1 Å². The molecule has 2 aromatic carbocycles. The highest BCUT2D eigenvalue weighted by atomic mass is 35.5. The minimum absolute atomic E-state index is 0.134. The summed E-state index contributed by atoms with van der Waals surface area (Å²) in [7, 11) is 1.56. The van der Waals surface area contributed by atoms with Gasteiger partial charge in [-0.15, -0.1) is 0 Å². The van der Waals surface area contributed by atoms with Crippen LogP contribution in [0.5, 0.6) is 5.75 Å². The second kappa shape index (κ2) is 5.69. The summed E-state index contributed by atoms with van der Waals surface area (Å²) in [6, 6.07) is 10.6. The van der Waals surface area contributed by atoms with Gasteiger partial charge in [0, 0.05) is 18.2 Å². The SMILES string of the molecule is COc1ccc(-c2nc3cc(NC(C)=O)ccc3o2)cc1Cl. The van der Waals surface area contributed by atoms with E-state index in [-0.39, 0.29) is 5.91 Å². The molecule has 0 fully saturated rings. The zero-order valence-electron chi connectivity index (χ0n) is 12.0. The monoisotopic (exact) mass is 316 g/mol. The van der Waals surface area contributed by atoms with E-state index in [1.165, 1.54) is 6.92 Å². The summed E-state index contributed by atoms with van der Waals surface area (Å²) in [4.78, 5) is 15.5. The highest BCUT2D eigenvalue weighted by Crippen LogP contribution is 2.31. The van der Waals surface area contributed by atoms with Crippen molar-refractivity contribution in [2.45, 2.75) is 6.92 Å². The predicted molar refractivity (Wildman–Crippen MR) is 85.3 cm³/mol. The van der Waals surface area contributed by atoms with E-state index in [4.69, 9.17) is 20.8 Å². The Morgan fingerprint density at radius 3 is 2.77 bits per heavy atom. The predicted octanol–water partition coefficient (Wildman–Crippen LogP) is 4.12. The van der Waals surface area contributed by atoms with Crippen LogP contribution in [0.1, 0.15) is 6.92 Å². The lowest BCUT2D eigenvalue weighted by Crippen LogP contribution is -2.05. The van der Waals surface area contributed by atoms with Crippen molar-refractivity contribution < 1.29 is 13.9 Å². The Labute approximate surface area is 131 Å². The molecule has 1 amide bonds. The van der Waals surface area contributed by atoms with Gasteiger partial charge in [-0.25, -0.2) is 4.98 Å². The van der Waals surface area contributed by atoms with Gasteiger partial charge in [0.2, 0.25) is 11.8 Å². The first-order chi connectivity index (χ1) is 10.6. The fourth-order valence-electron chi connectivity index (χ4n) is 2.13. The van der Waals surface area contributed by atoms with Crippen molar-refractivity contribution in [3.8, 4) is 17.2 Å². The molecule has 6 heteroatoms. The number of anilines is 1. The summed E-state index contributed by atoms with van der Waals surface area (Å²) in [5.74, 6) is 0.916. The van der Waals surface area contributed by atoms with Crippen LogP contribution in [0.2, 0.25) is 5.02 Å². The van der Waals surface area contributed by atoms with E-state index in [9.17, 15) is 4.79 Å². The molecule has 3 aromatic rings. The highest BCUT2D eigenvalue weighted by Gasteiger charge is 2.11. The topological polar surface area (TPSA) is 64.4 Å². The van der Waals surface area contributed by atoms with Crippen LogP contribution in [0.25, 0.3) is 22.6 Å². The normalized spacial score (nSPS) is 10.7. The first kappa shape index (κ1) is 14.4. The van der Waals surface area contributed by atoms with Gasteiger partial charge < -0.3 is 14.5 Å². The smallest absolute Gasteiger partial charge is 0.227 e. The largest absolute Gasteiger partial charge is 0.495 e. The Balaban J connectivity index is 2.01. The second-order valence-electron chi connectivity index (χ2n) is 4.73. The fourth-order valence-corrected chi connectivity index (χ4v) is 2.39. The van der Waals surface area contributed by atoms with Gasteiger partial charge in [0.1, 0.15) is 11.3 Å². The number of benzene rings is 2. The quantitative estimate of drug-likeness (QED) is 0.789. The van der Waals surface area contributed by atoms with Gasteiger partial charge in [-0.05, 0) is 36.4 Å². The molecule has 0 spiro atoms. The molecular weight excluding hydrogens is 304 g/mol. The maximum Gasteiger partial charge on any atom is 0.227 e. The number of ether oxygens (including phenoxy) is 1. The Bertz CT molecular complexity index is 858. The molecule has 3 rings (SSSR count). The molecule has 0 saturated carbocycles. The van der Waals surface area contributed by atoms with Crippen LogP contribution in [0.15, 0.2) is 40.8 Å². The number of carbonyl (C=O) groups is 1. The number of methoxy groups -OCH3 is 1. The summed E-state index contributed by atoms with van der Waals surface area (Å²) in [5, 5.41) is 3.20. The summed E-state index contributed by atoms with van der Waals surface area (Å²) in [6.07, 6.45) is 0. The Morgan fingerprint density at radius 2 is 2.09 bits per heavy atom. The van der Waals surface area contributed by atoms with Crippen LogP contribution in [-0.4, -0.2) is 18.0 Å². The number of aromatic nitrogens is 1. The number of carbonyl (C=O) groups excluding carboxylic acids is 1. The molecule has 0 aliphatic carbocycles. The van der Waals surface area contributed by atoms with E-state index in [2.05, 4.69) is 10.3 Å². The maximum atomic E-state index is 11.1. The van der Waals surface area contributed by atoms with E-state index in [1.54, 1.807) is 37.4 Å². The van der Waals surface area contributed by atoms with E-state index in [0.717, 1.165) is 5.56 Å². The van der Waals surface area contributed by atoms with Crippen LogP contribution < -0.4 is 10.1 Å². The number of halogens is 1. The number of hydrogen-bond acceptors (Lipinski definition) is 4. The van der Waals surface area contributed by atoms with Crippen LogP contribution in [0, 0.1) is 0 Å². The zero-order chi connectivity index (χ0) is 15.7. The number of nitrogens with zero attached hydrogens (tertiary/aromatic N) is 1. The van der Waals surface area contributed by atoms with Crippen LogP contribution in [-0.2, 0) is 4.79 Å². The third kappa shape index (κ3) is 2.76. The van der Waals surface area contributed by atoms with Gasteiger partial charge >= 0.3 is 0 Å². The summed E-state index contributed by atoms with van der Waals surface area (Å²) in [5.41, 5.74) is 2.72. The molecule has 0 aliphatic heterocycles. The molecular formula is C16H13ClN2O3. The van der Waals surface area contributed by atoms with Crippen molar-refractivity contribution in [3.63, 3.8) is 0 Å². The number of nitrogens with one attached hydrogen (secondary N) is 1. The number of rotatable bonds is 3. The van der Waals surface area contributed by atoms with E-state index < -0.39 is 0 Å². The molecule has 0 aliphatic rings. The zero-order valence-corrected chi connectivity index (χ0v) is 12.8. The molecule has 22 heavy (non-hydrogen) atoms. The molecule has 1 heterocycles. The lowest BCUT2D eigenvalue weighted by molar-refractivity contribution is -0.114. The number of fused-ring (bicyclic) bond motifs is 1. The minimum atomic E-state index is -0.134. The van der Waals surface area contributed by atoms with Crippen molar-refractivity contribution >= 4 is 34.3 Å². The van der Waals surface area contributed by atoms with Gasteiger partial charge in [-0.2, -0.15) is 0 Å². The third-order valence-electron chi connectivity index (χ3n) is 3.11. The van der Waals surface area contributed by atoms with Gasteiger partial charge in [0.25, 0.3) is 0 Å². The molecule has 0 bridgehead atoms. The first-order valence-electron chi connectivity index (χ1n) is 6.59. The lowest BCUT2D eigenvalue weighted by Gasteiger charge is -2.03. The standard InChI is InChI=1S/C16H13ClN2O3/c1-9(20)18-11-4-6-15-13(8-11)19-16(22-15)10-3-5-14(21-2)12(17)7-10/h3-8H,1-2H3,(H,18,20). The Kier molecular flexibility index (Phi) is 3.73. The lowest BCUT2D eigenvalue weighted by atomic mass is 10.2. The molecule has 0 radical (unpaired) electrons. The average Bonchev–Trinajstić information content (AvgIpc) is 2.89. The number of hydrogen-bond donors (Lipinski definition) is 1. The van der Waals surface area contributed by atoms with E-state index in [1.807, 2.05) is 6.07 Å². The van der Waals surface area contributed by atoms with Crippen molar-refractivity contribution in [2.75, 3.05) is 12.4 Å². The van der Waals surface area contributed by atoms with Crippen molar-refractivity contribution in [1.29, 1.82) is 0 Å². The van der Waals surface area contributed by atoms with Gasteiger partial charge in [-0.3, -0.25) is 4.79 Å². The molecule has 1 N–H and O–H groups in total. The molecule has 112 valence electrons. The summed E-state index contributed by atoms with van der Waals surface area (Å²) in [6.45, 7) is 1.46. The molecule has 0 unspecified atom stereocenters. The molecule has 0 atom stereocenters. The number of oxazole rings is 1. The molecule has 5 nitrogen and oxygen atoms in total. The average molecular weight is 317 g/mol. The first-order valence-corrected chi connectivity index (χ1v) is 6.96. The maximum absolute atomic E-state index is 11.1. The van der Waals surface area contributed by atoms with Crippen LogP contribution in [0.3, 0.4) is 0 Å². The minimum Gasteiger partial charge on any atom is -0.495 e. The van der Waals surface area contributed by atoms with Crippen molar-refractivity contribution in [1.82, 2.24) is 4.98 Å². The molecule has 1 aromatic heterocycles. The van der Waals surface area contributed by atoms with Crippen LogP contribution in [0.4, 0.5) is 5.69 Å². The van der Waals surface area contributed by atoms with E-state index >= 15 is 0 Å². The van der Waals surface area contributed by atoms with Gasteiger partial charge in [-0.1, -0.05) is 11.6 Å². The highest BCUT2D eigenvalue weighted by molar-refractivity contribution is 6.32. The second-order valence-corrected chi connectivity index (χ2v) is 5.14. The van der Waals surface area contributed by atoms with Gasteiger partial charge in [0.15, 0.2) is 5.58 Å². The Hall–Kier alpha value is -2.53. The van der Waals surface area contributed by atoms with Crippen molar-refractivity contribution in [3.05, 3.63) is 41.4 Å². The number of amides is 1. The Morgan fingerprint density at radius 1 is 1.27 bits per heavy atom. The summed E-state index contributed by atoms with van der Waals surface area (Å²) < 4.78 is 10.8. The van der Waals surface area contributed by atoms with E-state index in [0.29, 0.717) is 33.4 Å². The fraction of sp³-hybridized carbons (Fsp3) is 0.125. The van der Waals surface area contributed by atoms with Crippen LogP contribution >= 0.6 is 11.6 Å². The third-order valence-corrected chi connectivity index (χ3v) is 3.40.